The van der Waals surface area contributed by atoms with Crippen LogP contribution in [0.4, 0.5) is 0 Å². The Hall–Kier alpha value is -1.03. The molecule has 4 heteroatoms. The lowest BCUT2D eigenvalue weighted by molar-refractivity contribution is 0.104. The topological polar surface area (TPSA) is 17.1 Å². The van der Waals surface area contributed by atoms with Gasteiger partial charge in [0.25, 0.3) is 0 Å². The summed E-state index contributed by atoms with van der Waals surface area (Å²) in [6.45, 7) is 0. The summed E-state index contributed by atoms with van der Waals surface area (Å²) < 4.78 is 1.03. The number of allylic oxidation sites excluding steroid dienone is 1. The van der Waals surface area contributed by atoms with Gasteiger partial charge in [-0.1, -0.05) is 34.1 Å². The van der Waals surface area contributed by atoms with Crippen molar-refractivity contribution in [3.63, 3.8) is 0 Å². The van der Waals surface area contributed by atoms with Crippen LogP contribution in [-0.4, -0.2) is 12.0 Å². The molecule has 0 radical (unpaired) electrons. The van der Waals surface area contributed by atoms with E-state index in [2.05, 4.69) is 15.9 Å². The molecule has 104 valence electrons. The molecule has 0 aliphatic rings. The van der Waals surface area contributed by atoms with Gasteiger partial charge in [-0.2, -0.15) is 0 Å². The fourth-order valence-electron chi connectivity index (χ4n) is 1.60. The molecular weight excluding hydrogens is 356 g/mol. The summed E-state index contributed by atoms with van der Waals surface area (Å²) in [6, 6.07) is 15.5. The zero-order valence-corrected chi connectivity index (χ0v) is 14.1. The van der Waals surface area contributed by atoms with E-state index in [1.165, 1.54) is 0 Å². The van der Waals surface area contributed by atoms with Gasteiger partial charge in [0.15, 0.2) is 5.78 Å². The Morgan fingerprint density at radius 3 is 2.20 bits per heavy atom. The van der Waals surface area contributed by atoms with Crippen LogP contribution in [0.1, 0.15) is 15.9 Å². The van der Waals surface area contributed by atoms with Crippen molar-refractivity contribution in [1.29, 1.82) is 0 Å². The summed E-state index contributed by atoms with van der Waals surface area (Å²) in [5.41, 5.74) is 1.73. The van der Waals surface area contributed by atoms with Crippen molar-refractivity contribution >= 4 is 52.0 Å². The molecule has 0 atom stereocenters. The van der Waals surface area contributed by atoms with E-state index >= 15 is 0 Å². The van der Waals surface area contributed by atoms with Crippen LogP contribution in [0.5, 0.6) is 0 Å². The minimum atomic E-state index is 0. The van der Waals surface area contributed by atoms with Gasteiger partial charge < -0.3 is 0 Å². The monoisotopic (exact) mass is 368 g/mol. The van der Waals surface area contributed by atoms with Crippen LogP contribution in [0.15, 0.2) is 64.0 Å². The number of rotatable bonds is 4. The summed E-state index contributed by atoms with van der Waals surface area (Å²) in [5, 5.41) is 0. The molecule has 1 nitrogen and oxygen atoms in total. The highest BCUT2D eigenvalue weighted by Crippen LogP contribution is 2.16. The molecule has 2 rings (SSSR count). The lowest BCUT2D eigenvalue weighted by Gasteiger charge is -1.98. The number of thioether (sulfide) groups is 1. The van der Waals surface area contributed by atoms with Gasteiger partial charge in [0.1, 0.15) is 0 Å². The molecule has 0 saturated heterocycles. The third kappa shape index (κ3) is 4.82. The minimum Gasteiger partial charge on any atom is -0.289 e. The molecule has 0 unspecified atom stereocenters. The fraction of sp³-hybridized carbons (Fsp3) is 0.0625. The standard InChI is InChI=1S/C16H13BrOS.ClH/c1-19-15-9-5-13(6-10-15)16(18)11-4-12-2-7-14(17)8-3-12;/h2-11H,1H3;1H/b11-4+;. The van der Waals surface area contributed by atoms with Gasteiger partial charge in [-0.05, 0) is 54.3 Å². The highest BCUT2D eigenvalue weighted by molar-refractivity contribution is 9.10. The normalized spacial score (nSPS) is 10.3. The van der Waals surface area contributed by atoms with Crippen molar-refractivity contribution in [3.05, 3.63) is 70.2 Å². The van der Waals surface area contributed by atoms with Crippen LogP contribution < -0.4 is 0 Å². The summed E-state index contributed by atoms with van der Waals surface area (Å²) >= 11 is 5.05. The maximum atomic E-state index is 12.0. The lowest BCUT2D eigenvalue weighted by atomic mass is 10.1. The van der Waals surface area contributed by atoms with Gasteiger partial charge in [0.05, 0.1) is 0 Å². The summed E-state index contributed by atoms with van der Waals surface area (Å²) in [5.74, 6) is 0.0237. The van der Waals surface area contributed by atoms with E-state index in [-0.39, 0.29) is 18.2 Å². The molecule has 20 heavy (non-hydrogen) atoms. The van der Waals surface area contributed by atoms with E-state index < -0.39 is 0 Å². The Morgan fingerprint density at radius 1 is 1.05 bits per heavy atom. The van der Waals surface area contributed by atoms with E-state index in [9.17, 15) is 4.79 Å². The van der Waals surface area contributed by atoms with Gasteiger partial charge in [-0.25, -0.2) is 0 Å². The van der Waals surface area contributed by atoms with Crippen molar-refractivity contribution < 1.29 is 4.79 Å². The van der Waals surface area contributed by atoms with E-state index in [1.807, 2.05) is 60.9 Å². The average molecular weight is 370 g/mol. The van der Waals surface area contributed by atoms with Crippen molar-refractivity contribution in [2.24, 2.45) is 0 Å². The number of halogens is 2. The van der Waals surface area contributed by atoms with E-state index in [0.717, 1.165) is 14.9 Å². The zero-order chi connectivity index (χ0) is 13.7. The first-order valence-electron chi connectivity index (χ1n) is 5.81. The summed E-state index contributed by atoms with van der Waals surface area (Å²) in [6.07, 6.45) is 5.46. The van der Waals surface area contributed by atoms with E-state index in [4.69, 9.17) is 0 Å². The third-order valence-corrected chi connectivity index (χ3v) is 3.94. The predicted molar refractivity (Wildman–Crippen MR) is 93.0 cm³/mol. The second-order valence-electron chi connectivity index (χ2n) is 3.98. The van der Waals surface area contributed by atoms with Crippen molar-refractivity contribution in [1.82, 2.24) is 0 Å². The molecule has 0 aromatic heterocycles. The first kappa shape index (κ1) is 17.0. The first-order chi connectivity index (χ1) is 9.19. The molecule has 0 fully saturated rings. The Balaban J connectivity index is 0.00000200. The SMILES string of the molecule is CSc1ccc(C(=O)/C=C/c2ccc(Br)cc2)cc1.Cl. The van der Waals surface area contributed by atoms with Crippen LogP contribution in [0.2, 0.25) is 0 Å². The van der Waals surface area contributed by atoms with E-state index in [0.29, 0.717) is 5.56 Å². The van der Waals surface area contributed by atoms with Crippen molar-refractivity contribution in [3.8, 4) is 0 Å². The van der Waals surface area contributed by atoms with Crippen LogP contribution >= 0.6 is 40.1 Å². The molecule has 0 amide bonds. The zero-order valence-electron chi connectivity index (χ0n) is 10.9. The maximum Gasteiger partial charge on any atom is 0.185 e. The number of benzene rings is 2. The van der Waals surface area contributed by atoms with Crippen molar-refractivity contribution in [2.45, 2.75) is 4.90 Å². The largest absolute Gasteiger partial charge is 0.289 e. The van der Waals surface area contributed by atoms with Gasteiger partial charge in [0, 0.05) is 14.9 Å². The number of hydrogen-bond acceptors (Lipinski definition) is 2. The molecule has 0 aliphatic carbocycles. The van der Waals surface area contributed by atoms with Crippen molar-refractivity contribution in [2.75, 3.05) is 6.26 Å². The fourth-order valence-corrected chi connectivity index (χ4v) is 2.27. The Labute approximate surface area is 138 Å². The molecule has 2 aromatic rings. The predicted octanol–water partition coefficient (Wildman–Crippen LogP) is 5.49. The molecule has 0 spiro atoms. The minimum absolute atomic E-state index is 0. The third-order valence-electron chi connectivity index (χ3n) is 2.67. The maximum absolute atomic E-state index is 12.0. The Morgan fingerprint density at radius 2 is 1.65 bits per heavy atom. The Bertz CT molecular complexity index is 591. The second kappa shape index (κ2) is 8.30. The molecular formula is C16H14BrClOS. The highest BCUT2D eigenvalue weighted by Gasteiger charge is 2.01. The highest BCUT2D eigenvalue weighted by atomic mass is 79.9. The number of carbonyl (C=O) groups is 1. The van der Waals surface area contributed by atoms with Gasteiger partial charge in [0.2, 0.25) is 0 Å². The van der Waals surface area contributed by atoms with Gasteiger partial charge in [-0.15, -0.1) is 24.2 Å². The average Bonchev–Trinajstić information content (AvgIpc) is 2.46. The smallest absolute Gasteiger partial charge is 0.185 e. The van der Waals surface area contributed by atoms with Gasteiger partial charge >= 0.3 is 0 Å². The molecule has 0 saturated carbocycles. The second-order valence-corrected chi connectivity index (χ2v) is 5.77. The van der Waals surface area contributed by atoms with Crippen LogP contribution in [0.3, 0.4) is 0 Å². The summed E-state index contributed by atoms with van der Waals surface area (Å²) in [7, 11) is 0. The van der Waals surface area contributed by atoms with Crippen LogP contribution in [0.25, 0.3) is 6.08 Å². The van der Waals surface area contributed by atoms with Crippen LogP contribution in [0, 0.1) is 0 Å². The van der Waals surface area contributed by atoms with E-state index in [1.54, 1.807) is 17.8 Å². The lowest BCUT2D eigenvalue weighted by Crippen LogP contribution is -1.93. The number of ketones is 1. The molecule has 0 bridgehead atoms. The summed E-state index contributed by atoms with van der Waals surface area (Å²) in [4.78, 5) is 13.1. The number of hydrogen-bond donors (Lipinski definition) is 0. The first-order valence-corrected chi connectivity index (χ1v) is 7.83. The molecule has 0 aliphatic heterocycles. The molecule has 2 aromatic carbocycles. The molecule has 0 N–H and O–H groups in total. The Kier molecular flexibility index (Phi) is 7.06. The van der Waals surface area contributed by atoms with Gasteiger partial charge in [-0.3, -0.25) is 4.79 Å². The quantitative estimate of drug-likeness (QED) is 0.403. The molecule has 0 heterocycles. The van der Waals surface area contributed by atoms with Crippen LogP contribution in [-0.2, 0) is 0 Å². The number of carbonyl (C=O) groups excluding carboxylic acids is 1.